The monoisotopic (exact) mass is 248 g/mol. The SMILES string of the molecule is O=C(Nc1ncccn1)C(=O)NC1CCCCC1. The molecule has 0 aliphatic heterocycles. The van der Waals surface area contributed by atoms with Gasteiger partial charge in [-0.3, -0.25) is 14.9 Å². The van der Waals surface area contributed by atoms with E-state index in [1.54, 1.807) is 6.07 Å². The summed E-state index contributed by atoms with van der Waals surface area (Å²) >= 11 is 0. The number of hydrogen-bond donors (Lipinski definition) is 2. The second-order valence-corrected chi connectivity index (χ2v) is 4.33. The molecule has 0 saturated heterocycles. The number of carbonyl (C=O) groups excluding carboxylic acids is 2. The molecule has 18 heavy (non-hydrogen) atoms. The summed E-state index contributed by atoms with van der Waals surface area (Å²) in [5, 5.41) is 5.09. The second-order valence-electron chi connectivity index (χ2n) is 4.33. The highest BCUT2D eigenvalue weighted by Crippen LogP contribution is 2.17. The van der Waals surface area contributed by atoms with E-state index >= 15 is 0 Å². The summed E-state index contributed by atoms with van der Waals surface area (Å²) in [5.74, 6) is -1.19. The van der Waals surface area contributed by atoms with Gasteiger partial charge in [-0.2, -0.15) is 0 Å². The van der Waals surface area contributed by atoms with E-state index in [-0.39, 0.29) is 12.0 Å². The van der Waals surface area contributed by atoms with E-state index in [9.17, 15) is 9.59 Å². The molecule has 96 valence electrons. The third kappa shape index (κ3) is 3.51. The van der Waals surface area contributed by atoms with Gasteiger partial charge in [0.1, 0.15) is 0 Å². The third-order valence-electron chi connectivity index (χ3n) is 2.94. The zero-order valence-corrected chi connectivity index (χ0v) is 10.1. The lowest BCUT2D eigenvalue weighted by Crippen LogP contribution is -2.42. The Morgan fingerprint density at radius 1 is 1.06 bits per heavy atom. The van der Waals surface area contributed by atoms with Crippen LogP contribution in [0.1, 0.15) is 32.1 Å². The molecule has 1 saturated carbocycles. The number of anilines is 1. The van der Waals surface area contributed by atoms with Crippen LogP contribution >= 0.6 is 0 Å². The molecule has 1 aliphatic carbocycles. The highest BCUT2D eigenvalue weighted by molar-refractivity contribution is 6.39. The van der Waals surface area contributed by atoms with Crippen molar-refractivity contribution < 1.29 is 9.59 Å². The topological polar surface area (TPSA) is 84.0 Å². The van der Waals surface area contributed by atoms with Crippen molar-refractivity contribution in [3.63, 3.8) is 0 Å². The van der Waals surface area contributed by atoms with Crippen LogP contribution in [0.25, 0.3) is 0 Å². The number of rotatable bonds is 2. The standard InChI is InChI=1S/C12H16N4O2/c17-10(15-9-5-2-1-3-6-9)11(18)16-12-13-7-4-8-14-12/h4,7-9H,1-3,5-6H2,(H,15,17)(H,13,14,16,18). The summed E-state index contributed by atoms with van der Waals surface area (Å²) < 4.78 is 0. The molecule has 1 heterocycles. The van der Waals surface area contributed by atoms with Crippen LogP contribution in [0.5, 0.6) is 0 Å². The first-order valence-corrected chi connectivity index (χ1v) is 6.14. The number of nitrogens with zero attached hydrogens (tertiary/aromatic N) is 2. The fourth-order valence-corrected chi connectivity index (χ4v) is 2.02. The van der Waals surface area contributed by atoms with Crippen molar-refractivity contribution >= 4 is 17.8 Å². The summed E-state index contributed by atoms with van der Waals surface area (Å²) in [7, 11) is 0. The van der Waals surface area contributed by atoms with Crippen LogP contribution in [0.4, 0.5) is 5.95 Å². The average molecular weight is 248 g/mol. The fraction of sp³-hybridized carbons (Fsp3) is 0.500. The molecule has 6 nitrogen and oxygen atoms in total. The van der Waals surface area contributed by atoms with Crippen LogP contribution < -0.4 is 10.6 Å². The molecule has 0 radical (unpaired) electrons. The maximum atomic E-state index is 11.6. The normalized spacial score (nSPS) is 16.0. The molecule has 0 atom stereocenters. The van der Waals surface area contributed by atoms with Crippen LogP contribution in [0, 0.1) is 0 Å². The molecular weight excluding hydrogens is 232 g/mol. The van der Waals surface area contributed by atoms with Crippen molar-refractivity contribution in [2.45, 2.75) is 38.1 Å². The minimum atomic E-state index is -0.716. The van der Waals surface area contributed by atoms with E-state index < -0.39 is 11.8 Å². The van der Waals surface area contributed by atoms with Gasteiger partial charge < -0.3 is 5.32 Å². The lowest BCUT2D eigenvalue weighted by molar-refractivity contribution is -0.136. The fourth-order valence-electron chi connectivity index (χ4n) is 2.02. The van der Waals surface area contributed by atoms with Crippen molar-refractivity contribution in [3.8, 4) is 0 Å². The molecule has 1 fully saturated rings. The van der Waals surface area contributed by atoms with Crippen LogP contribution in [-0.2, 0) is 9.59 Å². The van der Waals surface area contributed by atoms with Gasteiger partial charge >= 0.3 is 11.8 Å². The first-order valence-electron chi connectivity index (χ1n) is 6.14. The molecule has 1 aromatic rings. The van der Waals surface area contributed by atoms with E-state index in [4.69, 9.17) is 0 Å². The molecule has 2 rings (SSSR count). The molecule has 2 N–H and O–H groups in total. The van der Waals surface area contributed by atoms with Crippen molar-refractivity contribution in [2.75, 3.05) is 5.32 Å². The first-order chi connectivity index (χ1) is 8.75. The Bertz CT molecular complexity index is 415. The van der Waals surface area contributed by atoms with Crippen LogP contribution in [0.15, 0.2) is 18.5 Å². The average Bonchev–Trinajstić information content (AvgIpc) is 2.41. The number of amides is 2. The Labute approximate surface area is 105 Å². The largest absolute Gasteiger partial charge is 0.345 e. The second kappa shape index (κ2) is 6.09. The summed E-state index contributed by atoms with van der Waals surface area (Å²) in [5.41, 5.74) is 0. The van der Waals surface area contributed by atoms with Gasteiger partial charge in [0.15, 0.2) is 0 Å². The smallest absolute Gasteiger partial charge is 0.316 e. The number of aromatic nitrogens is 2. The Hall–Kier alpha value is -1.98. The Balaban J connectivity index is 1.83. The molecule has 1 aromatic heterocycles. The van der Waals surface area contributed by atoms with Gasteiger partial charge in [-0.25, -0.2) is 9.97 Å². The van der Waals surface area contributed by atoms with Crippen LogP contribution in [-0.4, -0.2) is 27.8 Å². The van der Waals surface area contributed by atoms with E-state index in [0.29, 0.717) is 0 Å². The summed E-state index contributed by atoms with van der Waals surface area (Å²) in [6, 6.07) is 1.76. The molecule has 6 heteroatoms. The van der Waals surface area contributed by atoms with Crippen LogP contribution in [0.2, 0.25) is 0 Å². The zero-order chi connectivity index (χ0) is 12.8. The van der Waals surface area contributed by atoms with E-state index in [1.165, 1.54) is 18.8 Å². The summed E-state index contributed by atoms with van der Waals surface area (Å²) in [4.78, 5) is 30.9. The Morgan fingerprint density at radius 3 is 2.39 bits per heavy atom. The Kier molecular flexibility index (Phi) is 4.22. The van der Waals surface area contributed by atoms with Crippen LogP contribution in [0.3, 0.4) is 0 Å². The van der Waals surface area contributed by atoms with Gasteiger partial charge in [0.2, 0.25) is 5.95 Å². The lowest BCUT2D eigenvalue weighted by Gasteiger charge is -2.22. The van der Waals surface area contributed by atoms with E-state index in [1.807, 2.05) is 0 Å². The maximum absolute atomic E-state index is 11.6. The summed E-state index contributed by atoms with van der Waals surface area (Å²) in [6.07, 6.45) is 8.31. The van der Waals surface area contributed by atoms with Gasteiger partial charge in [0, 0.05) is 18.4 Å². The third-order valence-corrected chi connectivity index (χ3v) is 2.94. The number of hydrogen-bond acceptors (Lipinski definition) is 4. The van der Waals surface area contributed by atoms with Gasteiger partial charge in [-0.05, 0) is 18.9 Å². The molecule has 0 unspecified atom stereocenters. The van der Waals surface area contributed by atoms with Crippen molar-refractivity contribution in [1.82, 2.24) is 15.3 Å². The number of carbonyl (C=O) groups is 2. The maximum Gasteiger partial charge on any atom is 0.316 e. The van der Waals surface area contributed by atoms with E-state index in [2.05, 4.69) is 20.6 Å². The van der Waals surface area contributed by atoms with Gasteiger partial charge in [0.05, 0.1) is 0 Å². The molecule has 1 aliphatic rings. The van der Waals surface area contributed by atoms with Crippen molar-refractivity contribution in [1.29, 1.82) is 0 Å². The van der Waals surface area contributed by atoms with Crippen molar-refractivity contribution in [2.24, 2.45) is 0 Å². The van der Waals surface area contributed by atoms with Gasteiger partial charge in [-0.1, -0.05) is 19.3 Å². The van der Waals surface area contributed by atoms with Gasteiger partial charge in [0.25, 0.3) is 0 Å². The molecule has 2 amide bonds. The quantitative estimate of drug-likeness (QED) is 0.760. The van der Waals surface area contributed by atoms with E-state index in [0.717, 1.165) is 25.7 Å². The highest BCUT2D eigenvalue weighted by Gasteiger charge is 2.20. The number of nitrogens with one attached hydrogen (secondary N) is 2. The molecule has 0 aromatic carbocycles. The molecular formula is C12H16N4O2. The first kappa shape index (κ1) is 12.5. The summed E-state index contributed by atoms with van der Waals surface area (Å²) in [6.45, 7) is 0. The predicted molar refractivity (Wildman–Crippen MR) is 65.7 cm³/mol. The Morgan fingerprint density at radius 2 is 1.72 bits per heavy atom. The zero-order valence-electron chi connectivity index (χ0n) is 10.1. The minimum Gasteiger partial charge on any atom is -0.345 e. The minimum absolute atomic E-state index is 0.119. The molecule has 0 spiro atoms. The van der Waals surface area contributed by atoms with Gasteiger partial charge in [-0.15, -0.1) is 0 Å². The predicted octanol–water partition coefficient (Wildman–Crippen LogP) is 0.864. The van der Waals surface area contributed by atoms with Crippen molar-refractivity contribution in [3.05, 3.63) is 18.5 Å². The lowest BCUT2D eigenvalue weighted by atomic mass is 9.95. The molecule has 0 bridgehead atoms. The highest BCUT2D eigenvalue weighted by atomic mass is 16.2.